The summed E-state index contributed by atoms with van der Waals surface area (Å²) in [4.78, 5) is 2.75. The van der Waals surface area contributed by atoms with E-state index in [0.29, 0.717) is 29.3 Å². The molecule has 0 bridgehead atoms. The van der Waals surface area contributed by atoms with Gasteiger partial charge < -0.3 is 4.90 Å². The summed E-state index contributed by atoms with van der Waals surface area (Å²) in [7, 11) is -1.73. The minimum absolute atomic E-state index is 0.116. The molecule has 1 aromatic rings. The van der Waals surface area contributed by atoms with Crippen LogP contribution in [0.5, 0.6) is 0 Å². The maximum Gasteiger partial charge on any atom is 0.244 e. The predicted octanol–water partition coefficient (Wildman–Crippen LogP) is 1.94. The summed E-state index contributed by atoms with van der Waals surface area (Å²) in [5, 5.41) is 4.39. The summed E-state index contributed by atoms with van der Waals surface area (Å²) in [6.45, 7) is 11.0. The Kier molecular flexibility index (Phi) is 6.45. The lowest BCUT2D eigenvalue weighted by Gasteiger charge is -2.32. The molecule has 2 rings (SSSR count). The molecule has 0 aliphatic carbocycles. The number of likely N-dealkylation sites (tertiary alicyclic amines) is 1. The van der Waals surface area contributed by atoms with E-state index in [9.17, 15) is 8.42 Å². The number of aryl methyl sites for hydroxylation is 2. The fourth-order valence-electron chi connectivity index (χ4n) is 3.73. The molecule has 1 aliphatic heterocycles. The molecule has 1 aromatic heterocycles. The third kappa shape index (κ3) is 4.37. The molecule has 1 saturated heterocycles. The molecule has 138 valence electrons. The van der Waals surface area contributed by atoms with Crippen LogP contribution < -0.4 is 4.72 Å². The predicted molar refractivity (Wildman–Crippen MR) is 96.6 cm³/mol. The van der Waals surface area contributed by atoms with Gasteiger partial charge in [-0.2, -0.15) is 5.10 Å². The lowest BCUT2D eigenvalue weighted by atomic mass is 10.00. The minimum atomic E-state index is -3.55. The first-order valence-corrected chi connectivity index (χ1v) is 10.6. The first-order chi connectivity index (χ1) is 11.3. The molecule has 0 spiro atoms. The fraction of sp³-hybridized carbons (Fsp3) is 0.824. The van der Waals surface area contributed by atoms with Gasteiger partial charge in [0.05, 0.1) is 11.4 Å². The van der Waals surface area contributed by atoms with Crippen LogP contribution >= 0.6 is 0 Å². The lowest BCUT2D eigenvalue weighted by Crippen LogP contribution is -2.45. The van der Waals surface area contributed by atoms with Gasteiger partial charge in [0.1, 0.15) is 4.90 Å². The van der Waals surface area contributed by atoms with Gasteiger partial charge in [-0.05, 0) is 45.1 Å². The largest absolute Gasteiger partial charge is 0.301 e. The number of rotatable bonds is 7. The molecule has 2 heterocycles. The molecule has 1 aliphatic rings. The second-order valence-electron chi connectivity index (χ2n) is 7.08. The second-order valence-corrected chi connectivity index (χ2v) is 8.73. The van der Waals surface area contributed by atoms with Gasteiger partial charge in [-0.1, -0.05) is 20.8 Å². The van der Waals surface area contributed by atoms with Gasteiger partial charge in [0.2, 0.25) is 10.0 Å². The van der Waals surface area contributed by atoms with E-state index in [0.717, 1.165) is 25.3 Å². The maximum atomic E-state index is 12.9. The zero-order valence-electron chi connectivity index (χ0n) is 15.7. The third-order valence-corrected chi connectivity index (χ3v) is 6.47. The van der Waals surface area contributed by atoms with E-state index >= 15 is 0 Å². The van der Waals surface area contributed by atoms with Crippen LogP contribution in [-0.4, -0.2) is 48.8 Å². The normalized spacial score (nSPS) is 21.1. The number of aromatic nitrogens is 2. The number of hydrogen-bond acceptors (Lipinski definition) is 4. The van der Waals surface area contributed by atoms with Crippen LogP contribution in [0.15, 0.2) is 4.90 Å². The van der Waals surface area contributed by atoms with Gasteiger partial charge in [0, 0.05) is 26.2 Å². The lowest BCUT2D eigenvalue weighted by molar-refractivity contribution is 0.174. The number of sulfonamides is 1. The van der Waals surface area contributed by atoms with Crippen molar-refractivity contribution < 1.29 is 8.42 Å². The van der Waals surface area contributed by atoms with E-state index in [1.54, 1.807) is 4.68 Å². The van der Waals surface area contributed by atoms with Crippen molar-refractivity contribution in [2.45, 2.75) is 64.3 Å². The van der Waals surface area contributed by atoms with Crippen LogP contribution in [-0.2, 0) is 29.9 Å². The third-order valence-electron chi connectivity index (χ3n) is 4.75. The Balaban J connectivity index is 2.13. The molecule has 0 aromatic carbocycles. The number of hydrogen-bond donors (Lipinski definition) is 1. The van der Waals surface area contributed by atoms with Crippen LogP contribution in [0.25, 0.3) is 0 Å². The summed E-state index contributed by atoms with van der Waals surface area (Å²) in [6, 6.07) is -0.116. The Morgan fingerprint density at radius 2 is 2.04 bits per heavy atom. The first-order valence-electron chi connectivity index (χ1n) is 9.07. The van der Waals surface area contributed by atoms with Crippen molar-refractivity contribution in [3.05, 3.63) is 11.4 Å². The zero-order chi connectivity index (χ0) is 17.9. The van der Waals surface area contributed by atoms with Crippen LogP contribution in [0.1, 0.15) is 51.9 Å². The van der Waals surface area contributed by atoms with E-state index < -0.39 is 10.0 Å². The Morgan fingerprint density at radius 1 is 1.33 bits per heavy atom. The van der Waals surface area contributed by atoms with Gasteiger partial charge in [-0.3, -0.25) is 4.68 Å². The standard InChI is InChI=1S/C17H32N4O2S/c1-6-15-17(16(7-2)20(5)18-15)24(22,23)19-14(4)12-21-10-8-9-13(3)11-21/h13-14,19H,6-12H2,1-5H3/t13-,14+/m0/s1. The van der Waals surface area contributed by atoms with Crippen LogP contribution in [0.4, 0.5) is 0 Å². The highest BCUT2D eigenvalue weighted by Gasteiger charge is 2.28. The highest BCUT2D eigenvalue weighted by Crippen LogP contribution is 2.22. The monoisotopic (exact) mass is 356 g/mol. The maximum absolute atomic E-state index is 12.9. The van der Waals surface area contributed by atoms with Crippen molar-refractivity contribution in [3.8, 4) is 0 Å². The highest BCUT2D eigenvalue weighted by molar-refractivity contribution is 7.89. The highest BCUT2D eigenvalue weighted by atomic mass is 32.2. The van der Waals surface area contributed by atoms with Gasteiger partial charge in [0.15, 0.2) is 0 Å². The average Bonchev–Trinajstić information content (AvgIpc) is 2.83. The molecule has 24 heavy (non-hydrogen) atoms. The van der Waals surface area contributed by atoms with Crippen LogP contribution in [0, 0.1) is 5.92 Å². The first kappa shape index (κ1) is 19.4. The van der Waals surface area contributed by atoms with E-state index in [-0.39, 0.29) is 6.04 Å². The smallest absolute Gasteiger partial charge is 0.244 e. The molecule has 2 atom stereocenters. The van der Waals surface area contributed by atoms with Crippen LogP contribution in [0.3, 0.4) is 0 Å². The molecule has 0 unspecified atom stereocenters. The van der Waals surface area contributed by atoms with Crippen molar-refractivity contribution in [2.75, 3.05) is 19.6 Å². The van der Waals surface area contributed by atoms with Crippen molar-refractivity contribution in [1.82, 2.24) is 19.4 Å². The second kappa shape index (κ2) is 7.97. The Hall–Kier alpha value is -0.920. The Labute approximate surface area is 146 Å². The molecule has 6 nitrogen and oxygen atoms in total. The minimum Gasteiger partial charge on any atom is -0.301 e. The molecular formula is C17H32N4O2S. The van der Waals surface area contributed by atoms with Crippen LogP contribution in [0.2, 0.25) is 0 Å². The summed E-state index contributed by atoms with van der Waals surface area (Å²) in [5.41, 5.74) is 1.43. The molecule has 1 fully saturated rings. The summed E-state index contributed by atoms with van der Waals surface area (Å²) in [6.07, 6.45) is 3.73. The van der Waals surface area contributed by atoms with Crippen molar-refractivity contribution in [1.29, 1.82) is 0 Å². The topological polar surface area (TPSA) is 67.2 Å². The van der Waals surface area contributed by atoms with E-state index in [4.69, 9.17) is 0 Å². The van der Waals surface area contributed by atoms with Gasteiger partial charge in [0.25, 0.3) is 0 Å². The molecule has 0 amide bonds. The van der Waals surface area contributed by atoms with E-state index in [1.165, 1.54) is 12.8 Å². The van der Waals surface area contributed by atoms with E-state index in [1.807, 2.05) is 27.8 Å². The van der Waals surface area contributed by atoms with Gasteiger partial charge in [-0.25, -0.2) is 13.1 Å². The molecule has 0 saturated carbocycles. The Bertz CT molecular complexity index is 654. The summed E-state index contributed by atoms with van der Waals surface area (Å²) in [5.74, 6) is 0.694. The number of nitrogens with one attached hydrogen (secondary N) is 1. The molecule has 1 N–H and O–H groups in total. The summed E-state index contributed by atoms with van der Waals surface area (Å²) >= 11 is 0. The zero-order valence-corrected chi connectivity index (χ0v) is 16.5. The summed E-state index contributed by atoms with van der Waals surface area (Å²) < 4.78 is 30.5. The SMILES string of the molecule is CCc1nn(C)c(CC)c1S(=O)(=O)N[C@H](C)CN1CCC[C@H](C)C1. The van der Waals surface area contributed by atoms with Crippen molar-refractivity contribution in [2.24, 2.45) is 13.0 Å². The number of piperidine rings is 1. The quantitative estimate of drug-likeness (QED) is 0.811. The van der Waals surface area contributed by atoms with E-state index in [2.05, 4.69) is 21.6 Å². The molecule has 0 radical (unpaired) electrons. The molecular weight excluding hydrogens is 324 g/mol. The Morgan fingerprint density at radius 3 is 2.62 bits per heavy atom. The van der Waals surface area contributed by atoms with Crippen molar-refractivity contribution in [3.63, 3.8) is 0 Å². The van der Waals surface area contributed by atoms with Crippen molar-refractivity contribution >= 4 is 10.0 Å². The average molecular weight is 357 g/mol. The van der Waals surface area contributed by atoms with Gasteiger partial charge in [-0.15, -0.1) is 0 Å². The fourth-order valence-corrected chi connectivity index (χ4v) is 5.54. The number of nitrogens with zero attached hydrogens (tertiary/aromatic N) is 3. The van der Waals surface area contributed by atoms with Gasteiger partial charge >= 0.3 is 0 Å². The molecule has 7 heteroatoms.